The van der Waals surface area contributed by atoms with E-state index in [1.807, 2.05) is 0 Å². The summed E-state index contributed by atoms with van der Waals surface area (Å²) in [6.07, 6.45) is 19.8. The van der Waals surface area contributed by atoms with Gasteiger partial charge in [-0.1, -0.05) is 94.2 Å². The van der Waals surface area contributed by atoms with Crippen LogP contribution in [0.2, 0.25) is 0 Å². The van der Waals surface area contributed by atoms with E-state index in [0.717, 1.165) is 31.6 Å². The summed E-state index contributed by atoms with van der Waals surface area (Å²) in [4.78, 5) is 0. The van der Waals surface area contributed by atoms with Crippen molar-refractivity contribution in [3.63, 3.8) is 0 Å². The molecule has 3 aliphatic carbocycles. The van der Waals surface area contributed by atoms with Gasteiger partial charge in [-0.3, -0.25) is 0 Å². The average Bonchev–Trinajstić information content (AvgIpc) is 3.47. The molecule has 1 fully saturated rings. The first kappa shape index (κ1) is 23.2. The van der Waals surface area contributed by atoms with E-state index in [-0.39, 0.29) is 0 Å². The van der Waals surface area contributed by atoms with Crippen LogP contribution in [0.1, 0.15) is 90.8 Å². The lowest BCUT2D eigenvalue weighted by molar-refractivity contribution is 0.356. The molecule has 34 heavy (non-hydrogen) atoms. The van der Waals surface area contributed by atoms with Crippen molar-refractivity contribution in [3.8, 4) is 0 Å². The molecular weight excluding hydrogens is 408 g/mol. The predicted molar refractivity (Wildman–Crippen MR) is 148 cm³/mol. The van der Waals surface area contributed by atoms with Crippen LogP contribution in [0.25, 0.3) is 11.6 Å². The van der Waals surface area contributed by atoms with Gasteiger partial charge in [-0.25, -0.2) is 0 Å². The Balaban J connectivity index is 1.31. The van der Waals surface area contributed by atoms with Gasteiger partial charge in [-0.15, -0.1) is 0 Å². The van der Waals surface area contributed by atoms with Crippen molar-refractivity contribution >= 4 is 11.6 Å². The van der Waals surface area contributed by atoms with Gasteiger partial charge < -0.3 is 0 Å². The number of hydrogen-bond acceptors (Lipinski definition) is 0. The molecule has 0 heteroatoms. The van der Waals surface area contributed by atoms with E-state index in [1.54, 1.807) is 0 Å². The van der Waals surface area contributed by atoms with Gasteiger partial charge in [0.1, 0.15) is 0 Å². The molecule has 176 valence electrons. The van der Waals surface area contributed by atoms with Gasteiger partial charge in [0.2, 0.25) is 0 Å². The third-order valence-electron chi connectivity index (χ3n) is 8.43. The van der Waals surface area contributed by atoms with E-state index >= 15 is 0 Å². The molecule has 5 rings (SSSR count). The van der Waals surface area contributed by atoms with Crippen LogP contribution in [0.4, 0.5) is 0 Å². The minimum absolute atomic E-state index is 0.896. The van der Waals surface area contributed by atoms with E-state index in [2.05, 4.69) is 75.9 Å². The lowest BCUT2D eigenvalue weighted by atomic mass is 9.84. The van der Waals surface area contributed by atoms with Crippen molar-refractivity contribution in [2.24, 2.45) is 5.92 Å². The molecule has 0 saturated heterocycles. The summed E-state index contributed by atoms with van der Waals surface area (Å²) >= 11 is 0. The molecule has 0 aliphatic heterocycles. The van der Waals surface area contributed by atoms with Crippen LogP contribution in [-0.2, 0) is 19.3 Å². The highest BCUT2D eigenvalue weighted by atomic mass is 14.3. The summed E-state index contributed by atoms with van der Waals surface area (Å²) < 4.78 is 0. The molecule has 0 amide bonds. The zero-order valence-electron chi connectivity index (χ0n) is 21.5. The fourth-order valence-corrected chi connectivity index (χ4v) is 6.30. The summed E-state index contributed by atoms with van der Waals surface area (Å²) in [5, 5.41) is 0. The molecule has 1 saturated carbocycles. The van der Waals surface area contributed by atoms with Gasteiger partial charge in [0.15, 0.2) is 0 Å². The Morgan fingerprint density at radius 1 is 0.971 bits per heavy atom. The molecule has 0 radical (unpaired) electrons. The van der Waals surface area contributed by atoms with Gasteiger partial charge in [-0.2, -0.15) is 0 Å². The van der Waals surface area contributed by atoms with E-state index < -0.39 is 0 Å². The fourth-order valence-electron chi connectivity index (χ4n) is 6.30. The highest BCUT2D eigenvalue weighted by Crippen LogP contribution is 2.40. The summed E-state index contributed by atoms with van der Waals surface area (Å²) in [6.45, 7) is 11.2. The van der Waals surface area contributed by atoms with Gasteiger partial charge in [0.05, 0.1) is 0 Å². The van der Waals surface area contributed by atoms with Gasteiger partial charge in [0.25, 0.3) is 0 Å². The quantitative estimate of drug-likeness (QED) is 0.396. The molecule has 0 nitrogen and oxygen atoms in total. The molecule has 0 bridgehead atoms. The lowest BCUT2D eigenvalue weighted by Gasteiger charge is -2.21. The Kier molecular flexibility index (Phi) is 6.77. The SMILES string of the molecule is C=C(CC1=CCC=C1C1=Cc2cc(CC3CCCCC3)ccc2C1)c1cc(C)c(C)cc1CC. The number of aryl methyl sites for hydroxylation is 3. The minimum Gasteiger partial charge on any atom is -0.0949 e. The van der Waals surface area contributed by atoms with Crippen LogP contribution in [-0.4, -0.2) is 0 Å². The topological polar surface area (TPSA) is 0 Å². The van der Waals surface area contributed by atoms with Crippen LogP contribution in [0.5, 0.6) is 0 Å². The third-order valence-corrected chi connectivity index (χ3v) is 8.43. The zero-order valence-corrected chi connectivity index (χ0v) is 21.5. The van der Waals surface area contributed by atoms with Crippen molar-refractivity contribution in [1.82, 2.24) is 0 Å². The van der Waals surface area contributed by atoms with Crippen molar-refractivity contribution in [2.75, 3.05) is 0 Å². The van der Waals surface area contributed by atoms with E-state index in [4.69, 9.17) is 0 Å². The van der Waals surface area contributed by atoms with E-state index in [0.29, 0.717) is 0 Å². The standard InChI is InChI=1S/C34H40/c1-5-28-16-23(2)24(3)18-34(28)25(4)17-30-12-9-13-33(30)32-21-29-15-14-27(20-31(29)22-32)19-26-10-7-6-8-11-26/h12-16,18,20,22,26H,4-11,17,19,21H2,1-3H3. The maximum Gasteiger partial charge on any atom is -0.00137 e. The normalized spacial score (nSPS) is 17.9. The van der Waals surface area contributed by atoms with Gasteiger partial charge in [0, 0.05) is 0 Å². The second kappa shape index (κ2) is 9.95. The van der Waals surface area contributed by atoms with Crippen molar-refractivity contribution < 1.29 is 0 Å². The number of hydrogen-bond donors (Lipinski definition) is 0. The number of rotatable bonds is 7. The van der Waals surface area contributed by atoms with Crippen molar-refractivity contribution in [3.05, 3.63) is 105 Å². The van der Waals surface area contributed by atoms with Crippen molar-refractivity contribution in [1.29, 1.82) is 0 Å². The smallest absolute Gasteiger partial charge is 0.00137 e. The molecule has 0 heterocycles. The second-order valence-corrected chi connectivity index (χ2v) is 10.9. The Labute approximate surface area is 207 Å². The van der Waals surface area contributed by atoms with E-state index in [1.165, 1.54) is 99.8 Å². The molecule has 0 aromatic heterocycles. The number of allylic oxidation sites excluding steroid dienone is 6. The van der Waals surface area contributed by atoms with Crippen LogP contribution in [0.15, 0.2) is 65.8 Å². The molecule has 0 atom stereocenters. The Morgan fingerprint density at radius 2 is 1.76 bits per heavy atom. The number of fused-ring (bicyclic) bond motifs is 1. The monoisotopic (exact) mass is 448 g/mol. The molecule has 0 spiro atoms. The first-order valence-electron chi connectivity index (χ1n) is 13.5. The summed E-state index contributed by atoms with van der Waals surface area (Å²) in [5.74, 6) is 0.896. The first-order valence-corrected chi connectivity index (χ1v) is 13.5. The first-order chi connectivity index (χ1) is 16.5. The van der Waals surface area contributed by atoms with Gasteiger partial charge in [-0.05, 0) is 113 Å². The highest BCUT2D eigenvalue weighted by Gasteiger charge is 2.22. The number of benzene rings is 2. The predicted octanol–water partition coefficient (Wildman–Crippen LogP) is 9.29. The van der Waals surface area contributed by atoms with Gasteiger partial charge >= 0.3 is 0 Å². The molecule has 3 aliphatic rings. The van der Waals surface area contributed by atoms with Crippen LogP contribution in [0, 0.1) is 19.8 Å². The molecule has 2 aromatic carbocycles. The lowest BCUT2D eigenvalue weighted by Crippen LogP contribution is -2.09. The van der Waals surface area contributed by atoms with Crippen molar-refractivity contribution in [2.45, 2.75) is 85.0 Å². The van der Waals surface area contributed by atoms with Crippen LogP contribution in [0.3, 0.4) is 0 Å². The maximum absolute atomic E-state index is 4.55. The summed E-state index contributed by atoms with van der Waals surface area (Å²) in [5.41, 5.74) is 15.7. The molecular formula is C34H40. The van der Waals surface area contributed by atoms with Crippen LogP contribution >= 0.6 is 0 Å². The largest absolute Gasteiger partial charge is 0.0949 e. The van der Waals surface area contributed by atoms with E-state index in [9.17, 15) is 0 Å². The third kappa shape index (κ3) is 4.78. The minimum atomic E-state index is 0.896. The molecule has 0 unspecified atom stereocenters. The second-order valence-electron chi connectivity index (χ2n) is 10.9. The summed E-state index contributed by atoms with van der Waals surface area (Å²) in [7, 11) is 0. The Morgan fingerprint density at radius 3 is 2.56 bits per heavy atom. The molecule has 2 aromatic rings. The summed E-state index contributed by atoms with van der Waals surface area (Å²) in [6, 6.07) is 12.0. The fraction of sp³-hybridized carbons (Fsp3) is 0.412. The van der Waals surface area contributed by atoms with Crippen LogP contribution < -0.4 is 0 Å². The Hall–Kier alpha value is -2.60. The highest BCUT2D eigenvalue weighted by molar-refractivity contribution is 5.76. The average molecular weight is 449 g/mol. The Bertz CT molecular complexity index is 1190. The zero-order chi connectivity index (χ0) is 23.7. The maximum atomic E-state index is 4.55. The molecule has 0 N–H and O–H groups in total.